The lowest BCUT2D eigenvalue weighted by atomic mass is 9.92. The third-order valence-corrected chi connectivity index (χ3v) is 3.00. The number of hydrogen-bond acceptors (Lipinski definition) is 4. The maximum absolute atomic E-state index is 11.6. The van der Waals surface area contributed by atoms with Crippen LogP contribution in [0.2, 0.25) is 0 Å². The van der Waals surface area contributed by atoms with Gasteiger partial charge in [0.25, 0.3) is 0 Å². The number of esters is 1. The summed E-state index contributed by atoms with van der Waals surface area (Å²) in [6.45, 7) is 2.12. The standard InChI is InChI=1S/C12H22N2O3/c1-2-17-12(16)8-7-11(15)14-10-5-3-9(13)4-6-10/h9-10H,2-8,13H2,1H3,(H,14,15). The summed E-state index contributed by atoms with van der Waals surface area (Å²) >= 11 is 0. The second kappa shape index (κ2) is 7.27. The number of carbonyl (C=O) groups excluding carboxylic acids is 2. The first-order chi connectivity index (χ1) is 8.11. The van der Waals surface area contributed by atoms with Crippen LogP contribution in [-0.2, 0) is 14.3 Å². The summed E-state index contributed by atoms with van der Waals surface area (Å²) in [6, 6.07) is 0.507. The fourth-order valence-corrected chi connectivity index (χ4v) is 2.01. The predicted octanol–water partition coefficient (Wildman–Crippen LogP) is 0.716. The zero-order chi connectivity index (χ0) is 12.7. The minimum absolute atomic E-state index is 0.0708. The van der Waals surface area contributed by atoms with Gasteiger partial charge in [0.2, 0.25) is 5.91 Å². The molecule has 0 bridgehead atoms. The minimum Gasteiger partial charge on any atom is -0.466 e. The van der Waals surface area contributed by atoms with Gasteiger partial charge in [-0.15, -0.1) is 0 Å². The summed E-state index contributed by atoms with van der Waals surface area (Å²) in [5, 5.41) is 2.93. The molecule has 17 heavy (non-hydrogen) atoms. The van der Waals surface area contributed by atoms with E-state index in [2.05, 4.69) is 5.32 Å². The van der Waals surface area contributed by atoms with Gasteiger partial charge in [0.05, 0.1) is 13.0 Å². The number of nitrogens with two attached hydrogens (primary N) is 1. The topological polar surface area (TPSA) is 81.4 Å². The number of carbonyl (C=O) groups is 2. The van der Waals surface area contributed by atoms with Crippen LogP contribution in [0.4, 0.5) is 0 Å². The molecule has 0 spiro atoms. The Morgan fingerprint density at radius 3 is 2.47 bits per heavy atom. The Bertz CT molecular complexity index is 260. The van der Waals surface area contributed by atoms with Crippen molar-refractivity contribution in [2.75, 3.05) is 6.61 Å². The molecule has 1 amide bonds. The molecule has 1 rings (SSSR count). The second-order valence-electron chi connectivity index (χ2n) is 4.48. The summed E-state index contributed by atoms with van der Waals surface area (Å²) < 4.78 is 4.76. The lowest BCUT2D eigenvalue weighted by Gasteiger charge is -2.26. The molecule has 0 aromatic heterocycles. The monoisotopic (exact) mass is 242 g/mol. The first-order valence-corrected chi connectivity index (χ1v) is 6.32. The molecular formula is C12H22N2O3. The van der Waals surface area contributed by atoms with Crippen molar-refractivity contribution in [3.8, 4) is 0 Å². The van der Waals surface area contributed by atoms with Crippen LogP contribution in [0.25, 0.3) is 0 Å². The number of amides is 1. The van der Waals surface area contributed by atoms with Crippen molar-refractivity contribution in [2.45, 2.75) is 57.5 Å². The summed E-state index contributed by atoms with van der Waals surface area (Å²) in [7, 11) is 0. The zero-order valence-corrected chi connectivity index (χ0v) is 10.4. The van der Waals surface area contributed by atoms with E-state index in [-0.39, 0.29) is 36.8 Å². The van der Waals surface area contributed by atoms with Gasteiger partial charge < -0.3 is 15.8 Å². The Morgan fingerprint density at radius 2 is 1.88 bits per heavy atom. The largest absolute Gasteiger partial charge is 0.466 e. The number of rotatable bonds is 5. The molecule has 3 N–H and O–H groups in total. The van der Waals surface area contributed by atoms with Crippen molar-refractivity contribution in [1.82, 2.24) is 5.32 Å². The van der Waals surface area contributed by atoms with Crippen LogP contribution in [0.1, 0.15) is 45.4 Å². The van der Waals surface area contributed by atoms with Crippen LogP contribution in [0.5, 0.6) is 0 Å². The van der Waals surface area contributed by atoms with Crippen molar-refractivity contribution < 1.29 is 14.3 Å². The molecule has 0 saturated heterocycles. The molecule has 98 valence electrons. The summed E-state index contributed by atoms with van der Waals surface area (Å²) in [5.41, 5.74) is 5.79. The summed E-state index contributed by atoms with van der Waals surface area (Å²) in [5.74, 6) is -0.383. The Hall–Kier alpha value is -1.10. The maximum atomic E-state index is 11.6. The van der Waals surface area contributed by atoms with Gasteiger partial charge in [0.1, 0.15) is 0 Å². The van der Waals surface area contributed by atoms with Gasteiger partial charge >= 0.3 is 5.97 Å². The highest BCUT2D eigenvalue weighted by Gasteiger charge is 2.20. The number of nitrogens with one attached hydrogen (secondary N) is 1. The van der Waals surface area contributed by atoms with Crippen LogP contribution >= 0.6 is 0 Å². The van der Waals surface area contributed by atoms with E-state index in [1.807, 2.05) is 0 Å². The van der Waals surface area contributed by atoms with Gasteiger partial charge in [0, 0.05) is 18.5 Å². The minimum atomic E-state index is -0.312. The van der Waals surface area contributed by atoms with E-state index < -0.39 is 0 Å². The second-order valence-corrected chi connectivity index (χ2v) is 4.48. The molecule has 1 aliphatic rings. The van der Waals surface area contributed by atoms with Crippen molar-refractivity contribution in [3.63, 3.8) is 0 Å². The van der Waals surface area contributed by atoms with Crippen LogP contribution in [0, 0.1) is 0 Å². The molecule has 0 aromatic rings. The zero-order valence-electron chi connectivity index (χ0n) is 10.4. The SMILES string of the molecule is CCOC(=O)CCC(=O)NC1CCC(N)CC1. The fourth-order valence-electron chi connectivity index (χ4n) is 2.01. The molecular weight excluding hydrogens is 220 g/mol. The van der Waals surface area contributed by atoms with E-state index in [0.29, 0.717) is 6.61 Å². The van der Waals surface area contributed by atoms with Crippen LogP contribution < -0.4 is 11.1 Å². The third kappa shape index (κ3) is 5.68. The van der Waals surface area contributed by atoms with E-state index in [4.69, 9.17) is 10.5 Å². The average Bonchev–Trinajstić information content (AvgIpc) is 2.30. The molecule has 5 heteroatoms. The van der Waals surface area contributed by atoms with Crippen molar-refractivity contribution in [1.29, 1.82) is 0 Å². The van der Waals surface area contributed by atoms with Crippen molar-refractivity contribution in [3.05, 3.63) is 0 Å². The van der Waals surface area contributed by atoms with Crippen LogP contribution in [-0.4, -0.2) is 30.6 Å². The summed E-state index contributed by atoms with van der Waals surface area (Å²) in [4.78, 5) is 22.6. The maximum Gasteiger partial charge on any atom is 0.306 e. The van der Waals surface area contributed by atoms with Crippen molar-refractivity contribution >= 4 is 11.9 Å². The van der Waals surface area contributed by atoms with Crippen molar-refractivity contribution in [2.24, 2.45) is 5.73 Å². The lowest BCUT2D eigenvalue weighted by molar-refractivity contribution is -0.144. The third-order valence-electron chi connectivity index (χ3n) is 3.00. The van der Waals surface area contributed by atoms with Crippen LogP contribution in [0.15, 0.2) is 0 Å². The summed E-state index contributed by atoms with van der Waals surface area (Å²) in [6.07, 6.45) is 4.16. The lowest BCUT2D eigenvalue weighted by Crippen LogP contribution is -2.40. The molecule has 0 aliphatic heterocycles. The van der Waals surface area contributed by atoms with E-state index >= 15 is 0 Å². The molecule has 0 unspecified atom stereocenters. The normalized spacial score (nSPS) is 24.1. The van der Waals surface area contributed by atoms with Gasteiger partial charge in [-0.05, 0) is 32.6 Å². The van der Waals surface area contributed by atoms with E-state index in [1.165, 1.54) is 0 Å². The Morgan fingerprint density at radius 1 is 1.24 bits per heavy atom. The predicted molar refractivity (Wildman–Crippen MR) is 64.2 cm³/mol. The highest BCUT2D eigenvalue weighted by molar-refractivity contribution is 5.81. The van der Waals surface area contributed by atoms with Gasteiger partial charge in [-0.3, -0.25) is 9.59 Å². The van der Waals surface area contributed by atoms with Gasteiger partial charge in [-0.25, -0.2) is 0 Å². The first kappa shape index (κ1) is 14.0. The molecule has 0 atom stereocenters. The first-order valence-electron chi connectivity index (χ1n) is 6.32. The fraction of sp³-hybridized carbons (Fsp3) is 0.833. The highest BCUT2D eigenvalue weighted by Crippen LogP contribution is 2.16. The quantitative estimate of drug-likeness (QED) is 0.696. The molecule has 0 radical (unpaired) electrons. The molecule has 1 fully saturated rings. The Balaban J connectivity index is 2.14. The van der Waals surface area contributed by atoms with E-state index in [1.54, 1.807) is 6.92 Å². The average molecular weight is 242 g/mol. The highest BCUT2D eigenvalue weighted by atomic mass is 16.5. The van der Waals surface area contributed by atoms with E-state index in [0.717, 1.165) is 25.7 Å². The van der Waals surface area contributed by atoms with Gasteiger partial charge in [0.15, 0.2) is 0 Å². The molecule has 1 aliphatic carbocycles. The van der Waals surface area contributed by atoms with Crippen LogP contribution in [0.3, 0.4) is 0 Å². The Kier molecular flexibility index (Phi) is 5.97. The van der Waals surface area contributed by atoms with Gasteiger partial charge in [-0.1, -0.05) is 0 Å². The number of ether oxygens (including phenoxy) is 1. The van der Waals surface area contributed by atoms with E-state index in [9.17, 15) is 9.59 Å². The smallest absolute Gasteiger partial charge is 0.306 e. The Labute approximate surface area is 102 Å². The number of hydrogen-bond donors (Lipinski definition) is 2. The molecule has 1 saturated carbocycles. The molecule has 5 nitrogen and oxygen atoms in total. The molecule has 0 heterocycles. The van der Waals surface area contributed by atoms with Gasteiger partial charge in [-0.2, -0.15) is 0 Å². The molecule has 0 aromatic carbocycles.